The first kappa shape index (κ1) is 17.5. The molecule has 1 aromatic rings. The predicted molar refractivity (Wildman–Crippen MR) is 107 cm³/mol. The molecule has 0 saturated heterocycles. The quantitative estimate of drug-likeness (QED) is 0.553. The third-order valence-corrected chi connectivity index (χ3v) is 6.23. The van der Waals surface area contributed by atoms with E-state index in [1.165, 1.54) is 49.7 Å². The molecule has 2 atom stereocenters. The average Bonchev–Trinajstić information content (AvgIpc) is 2.49. The largest absolute Gasteiger partial charge is 0.0836 e. The van der Waals surface area contributed by atoms with Gasteiger partial charge in [-0.05, 0) is 90.5 Å². The van der Waals surface area contributed by atoms with Gasteiger partial charge in [-0.25, -0.2) is 0 Å². The van der Waals surface area contributed by atoms with Gasteiger partial charge in [-0.15, -0.1) is 0 Å². The minimum atomic E-state index is 0.738. The van der Waals surface area contributed by atoms with Crippen LogP contribution in [0.15, 0.2) is 24.3 Å². The van der Waals surface area contributed by atoms with E-state index in [0.29, 0.717) is 0 Å². The molecule has 2 aliphatic carbocycles. The first-order valence-corrected chi connectivity index (χ1v) is 10.0. The van der Waals surface area contributed by atoms with Crippen LogP contribution in [0.25, 0.3) is 12.2 Å². The molecule has 2 unspecified atom stereocenters. The lowest BCUT2D eigenvalue weighted by Crippen LogP contribution is -2.12. The number of allylic oxidation sites excluding steroid dienone is 2. The third kappa shape index (κ3) is 4.02. The number of aryl methyl sites for hydroxylation is 2. The number of benzene rings is 1. The van der Waals surface area contributed by atoms with Gasteiger partial charge in [-0.1, -0.05) is 58.1 Å². The molecule has 0 aromatic heterocycles. The Morgan fingerprint density at radius 1 is 0.833 bits per heavy atom. The van der Waals surface area contributed by atoms with Crippen molar-refractivity contribution in [2.45, 2.75) is 66.2 Å². The highest BCUT2D eigenvalue weighted by atomic mass is 14.2. The molecule has 0 radical (unpaired) electrons. The van der Waals surface area contributed by atoms with Crippen LogP contribution in [-0.2, 0) is 12.8 Å². The van der Waals surface area contributed by atoms with E-state index in [1.807, 2.05) is 0 Å². The van der Waals surface area contributed by atoms with Crippen LogP contribution in [0.5, 0.6) is 0 Å². The van der Waals surface area contributed by atoms with Crippen molar-refractivity contribution in [1.82, 2.24) is 0 Å². The minimum Gasteiger partial charge on any atom is -0.0836 e. The first-order valence-electron chi connectivity index (χ1n) is 10.0. The molecular weight excluding hydrogens is 288 g/mol. The summed E-state index contributed by atoms with van der Waals surface area (Å²) in [5.41, 5.74) is 6.07. The molecule has 0 fully saturated rings. The number of hydrogen-bond acceptors (Lipinski definition) is 0. The van der Waals surface area contributed by atoms with Gasteiger partial charge in [-0.3, -0.25) is 0 Å². The number of fused-ring (bicyclic) bond motifs is 2. The Kier molecular flexibility index (Phi) is 5.64. The second-order valence-corrected chi connectivity index (χ2v) is 8.59. The van der Waals surface area contributed by atoms with Gasteiger partial charge < -0.3 is 0 Å². The van der Waals surface area contributed by atoms with Crippen molar-refractivity contribution < 1.29 is 0 Å². The second kappa shape index (κ2) is 7.72. The van der Waals surface area contributed by atoms with Crippen molar-refractivity contribution in [2.75, 3.05) is 0 Å². The maximum Gasteiger partial charge on any atom is -0.0207 e. The summed E-state index contributed by atoms with van der Waals surface area (Å²) in [5, 5.41) is 0. The molecule has 0 aliphatic heterocycles. The number of hydrogen-bond donors (Lipinski definition) is 0. The van der Waals surface area contributed by atoms with Crippen molar-refractivity contribution in [3.8, 4) is 0 Å². The van der Waals surface area contributed by atoms with Gasteiger partial charge in [0.15, 0.2) is 0 Å². The standard InChI is InChI=1S/C24H34/c1-17(2)19-7-5-9-21-16-24-14-12-20(18(3)4)8-6-10-22(24)15-23(21)13-11-19/h5,9,12,14-20H,6-8,10-11,13H2,1-4H3/b9-5-,14-12-. The first-order chi connectivity index (χ1) is 11.5. The summed E-state index contributed by atoms with van der Waals surface area (Å²) >= 11 is 0. The van der Waals surface area contributed by atoms with Crippen LogP contribution in [-0.4, -0.2) is 0 Å². The molecule has 0 N–H and O–H groups in total. The van der Waals surface area contributed by atoms with Crippen molar-refractivity contribution in [1.29, 1.82) is 0 Å². The van der Waals surface area contributed by atoms with E-state index in [1.54, 1.807) is 11.1 Å². The Morgan fingerprint density at radius 3 is 2.33 bits per heavy atom. The molecule has 0 bridgehead atoms. The van der Waals surface area contributed by atoms with Gasteiger partial charge in [0, 0.05) is 0 Å². The highest BCUT2D eigenvalue weighted by molar-refractivity contribution is 5.64. The molecule has 0 saturated carbocycles. The lowest BCUT2D eigenvalue weighted by molar-refractivity contribution is 0.363. The Balaban J connectivity index is 1.90. The molecule has 1 aromatic carbocycles. The van der Waals surface area contributed by atoms with E-state index in [9.17, 15) is 0 Å². The van der Waals surface area contributed by atoms with Crippen molar-refractivity contribution in [2.24, 2.45) is 23.7 Å². The fourth-order valence-electron chi connectivity index (χ4n) is 4.31. The molecule has 0 spiro atoms. The van der Waals surface area contributed by atoms with Crippen LogP contribution in [0.2, 0.25) is 0 Å². The predicted octanol–water partition coefficient (Wildman–Crippen LogP) is 6.93. The summed E-state index contributed by atoms with van der Waals surface area (Å²) < 4.78 is 0. The highest BCUT2D eigenvalue weighted by Crippen LogP contribution is 2.31. The fraction of sp³-hybridized carbons (Fsp3) is 0.583. The van der Waals surface area contributed by atoms with E-state index in [2.05, 4.69) is 64.1 Å². The van der Waals surface area contributed by atoms with E-state index in [-0.39, 0.29) is 0 Å². The topological polar surface area (TPSA) is 0 Å². The zero-order valence-electron chi connectivity index (χ0n) is 16.0. The van der Waals surface area contributed by atoms with Gasteiger partial charge in [0.1, 0.15) is 0 Å². The zero-order chi connectivity index (χ0) is 17.1. The Morgan fingerprint density at radius 2 is 1.58 bits per heavy atom. The Labute approximate surface area is 149 Å². The molecule has 2 aliphatic rings. The SMILES string of the molecule is CC(C)C1/C=C\c2cc3c(cc2CCC1)CCC(C(C)C)C/C=C\3. The zero-order valence-corrected chi connectivity index (χ0v) is 16.0. The molecule has 24 heavy (non-hydrogen) atoms. The van der Waals surface area contributed by atoms with Crippen LogP contribution in [0, 0.1) is 23.7 Å². The Bertz CT molecular complexity index is 615. The number of rotatable bonds is 2. The van der Waals surface area contributed by atoms with Gasteiger partial charge in [0.25, 0.3) is 0 Å². The van der Waals surface area contributed by atoms with E-state index in [0.717, 1.165) is 23.7 Å². The molecule has 3 rings (SSSR count). The molecule has 130 valence electrons. The normalized spacial score (nSPS) is 26.8. The van der Waals surface area contributed by atoms with Crippen molar-refractivity contribution in [3.05, 3.63) is 46.5 Å². The van der Waals surface area contributed by atoms with E-state index < -0.39 is 0 Å². The van der Waals surface area contributed by atoms with E-state index >= 15 is 0 Å². The van der Waals surface area contributed by atoms with Gasteiger partial charge >= 0.3 is 0 Å². The van der Waals surface area contributed by atoms with Crippen LogP contribution in [0.1, 0.15) is 75.6 Å². The van der Waals surface area contributed by atoms with Crippen LogP contribution >= 0.6 is 0 Å². The minimum absolute atomic E-state index is 0.738. The molecule has 0 nitrogen and oxygen atoms in total. The van der Waals surface area contributed by atoms with Gasteiger partial charge in [0.2, 0.25) is 0 Å². The van der Waals surface area contributed by atoms with Gasteiger partial charge in [-0.2, -0.15) is 0 Å². The van der Waals surface area contributed by atoms with Crippen LogP contribution in [0.3, 0.4) is 0 Å². The van der Waals surface area contributed by atoms with Gasteiger partial charge in [0.05, 0.1) is 0 Å². The Hall–Kier alpha value is -1.30. The summed E-state index contributed by atoms with van der Waals surface area (Å²) in [7, 11) is 0. The van der Waals surface area contributed by atoms with E-state index in [4.69, 9.17) is 0 Å². The molecule has 0 heteroatoms. The summed E-state index contributed by atoms with van der Waals surface area (Å²) in [5.74, 6) is 3.11. The highest BCUT2D eigenvalue weighted by Gasteiger charge is 2.18. The molecule has 0 heterocycles. The lowest BCUT2D eigenvalue weighted by atomic mass is 9.81. The third-order valence-electron chi connectivity index (χ3n) is 6.23. The maximum absolute atomic E-state index is 2.53. The molecular formula is C24H34. The fourth-order valence-corrected chi connectivity index (χ4v) is 4.31. The summed E-state index contributed by atoms with van der Waals surface area (Å²) in [6, 6.07) is 4.98. The molecule has 0 amide bonds. The van der Waals surface area contributed by atoms with Crippen molar-refractivity contribution >= 4 is 12.2 Å². The summed E-state index contributed by atoms with van der Waals surface area (Å²) in [6.45, 7) is 9.45. The van der Waals surface area contributed by atoms with Crippen LogP contribution in [0.4, 0.5) is 0 Å². The second-order valence-electron chi connectivity index (χ2n) is 8.59. The van der Waals surface area contributed by atoms with Crippen LogP contribution < -0.4 is 0 Å². The summed E-state index contributed by atoms with van der Waals surface area (Å²) in [4.78, 5) is 0. The summed E-state index contributed by atoms with van der Waals surface area (Å²) in [6.07, 6.45) is 17.4. The lowest BCUT2D eigenvalue weighted by Gasteiger charge is -2.24. The average molecular weight is 323 g/mol. The van der Waals surface area contributed by atoms with Crippen molar-refractivity contribution in [3.63, 3.8) is 0 Å². The smallest absolute Gasteiger partial charge is 0.0207 e. The monoisotopic (exact) mass is 322 g/mol. The maximum atomic E-state index is 2.53.